The van der Waals surface area contributed by atoms with Crippen LogP contribution in [0.15, 0.2) is 118 Å². The molecule has 46 heavy (non-hydrogen) atoms. The van der Waals surface area contributed by atoms with Gasteiger partial charge in [0.1, 0.15) is 5.75 Å². The number of carbonyl (C=O) groups is 1. The van der Waals surface area contributed by atoms with E-state index in [9.17, 15) is 4.79 Å². The summed E-state index contributed by atoms with van der Waals surface area (Å²) in [6.45, 7) is 1.10. The second kappa shape index (κ2) is 16.1. The van der Waals surface area contributed by atoms with Crippen LogP contribution in [0.1, 0.15) is 40.3 Å². The number of carbonyl (C=O) groups excluding carboxylic acids is 1. The molecule has 0 unspecified atom stereocenters. The number of aliphatic hydroxyl groups is 1. The van der Waals surface area contributed by atoms with Crippen molar-refractivity contribution in [3.05, 3.63) is 146 Å². The summed E-state index contributed by atoms with van der Waals surface area (Å²) in [4.78, 5) is 22.4. The smallest absolute Gasteiger partial charge is 0.266 e. The van der Waals surface area contributed by atoms with Gasteiger partial charge < -0.3 is 14.6 Å². The standard InChI is InChI=1S/C35H35BrN6O4/c36-30-15-11-25(12-16-30)19-20-38-41-34(44)35(23-28-9-4-5-10-29(28)24-39-42-37)32(26-7-2-1-3-8-26)46-33(40-35)27-13-17-31(18-14-27)45-22-6-21-43/h1-5,7-18,32,38,43H,6,19-24H2,(H,41,44)/t32-,35-/m0/s1. The number of hydrogen-bond acceptors (Lipinski definition) is 7. The predicted molar refractivity (Wildman–Crippen MR) is 180 cm³/mol. The number of ether oxygens (including phenoxy) is 2. The molecule has 0 saturated heterocycles. The molecule has 1 amide bonds. The molecule has 3 N–H and O–H groups in total. The lowest BCUT2D eigenvalue weighted by atomic mass is 9.81. The summed E-state index contributed by atoms with van der Waals surface area (Å²) < 4.78 is 13.3. The van der Waals surface area contributed by atoms with Gasteiger partial charge in [-0.05, 0) is 70.6 Å². The zero-order valence-electron chi connectivity index (χ0n) is 25.2. The molecule has 0 fully saturated rings. The lowest BCUT2D eigenvalue weighted by Crippen LogP contribution is -2.54. The van der Waals surface area contributed by atoms with Gasteiger partial charge in [-0.3, -0.25) is 10.2 Å². The van der Waals surface area contributed by atoms with Crippen LogP contribution >= 0.6 is 15.9 Å². The van der Waals surface area contributed by atoms with Crippen molar-refractivity contribution in [1.82, 2.24) is 10.9 Å². The number of azide groups is 1. The molecule has 1 heterocycles. The van der Waals surface area contributed by atoms with Gasteiger partial charge >= 0.3 is 0 Å². The molecule has 4 aromatic carbocycles. The number of aliphatic hydroxyl groups excluding tert-OH is 1. The Balaban J connectivity index is 1.50. The second-order valence-corrected chi connectivity index (χ2v) is 11.7. The van der Waals surface area contributed by atoms with Gasteiger partial charge in [0.25, 0.3) is 5.91 Å². The molecule has 2 atom stereocenters. The summed E-state index contributed by atoms with van der Waals surface area (Å²) in [7, 11) is 0. The average Bonchev–Trinajstić information content (AvgIpc) is 3.48. The van der Waals surface area contributed by atoms with Crippen LogP contribution in [-0.2, 0) is 28.9 Å². The highest BCUT2D eigenvalue weighted by Gasteiger charge is 2.53. The number of nitrogens with zero attached hydrogens (tertiary/aromatic N) is 4. The monoisotopic (exact) mass is 682 g/mol. The molecule has 0 aromatic heterocycles. The highest BCUT2D eigenvalue weighted by atomic mass is 79.9. The van der Waals surface area contributed by atoms with Crippen molar-refractivity contribution < 1.29 is 19.4 Å². The van der Waals surface area contributed by atoms with E-state index in [2.05, 4.69) is 36.8 Å². The van der Waals surface area contributed by atoms with Gasteiger partial charge in [-0.15, -0.1) is 0 Å². The number of amides is 1. The number of benzene rings is 4. The zero-order valence-corrected chi connectivity index (χ0v) is 26.8. The number of hydrazine groups is 1. The Hall–Kier alpha value is -4.67. The van der Waals surface area contributed by atoms with Crippen LogP contribution in [0.4, 0.5) is 0 Å². The van der Waals surface area contributed by atoms with Crippen molar-refractivity contribution >= 4 is 27.7 Å². The molecule has 5 rings (SSSR count). The first-order valence-corrected chi connectivity index (χ1v) is 15.8. The van der Waals surface area contributed by atoms with Crippen LogP contribution in [0.5, 0.6) is 5.75 Å². The highest BCUT2D eigenvalue weighted by Crippen LogP contribution is 2.43. The van der Waals surface area contributed by atoms with E-state index in [4.69, 9.17) is 25.1 Å². The fourth-order valence-electron chi connectivity index (χ4n) is 5.30. The van der Waals surface area contributed by atoms with E-state index < -0.39 is 11.6 Å². The summed E-state index contributed by atoms with van der Waals surface area (Å²) in [5, 5.41) is 12.9. The van der Waals surface area contributed by atoms with E-state index in [1.54, 1.807) is 0 Å². The summed E-state index contributed by atoms with van der Waals surface area (Å²) in [5.41, 5.74) is 17.9. The SMILES string of the molecule is [N-]=[N+]=NCc1ccccc1C[C@]1(C(=O)NNCCc2ccc(Br)cc2)N=C(c2ccc(OCCCO)cc2)O[C@H]1c1ccccc1. The normalized spacial score (nSPS) is 17.0. The molecule has 236 valence electrons. The molecule has 0 radical (unpaired) electrons. The molecule has 11 heteroatoms. The van der Waals surface area contributed by atoms with Gasteiger partial charge in [0.2, 0.25) is 5.90 Å². The van der Waals surface area contributed by atoms with Gasteiger partial charge in [-0.25, -0.2) is 10.4 Å². The summed E-state index contributed by atoms with van der Waals surface area (Å²) >= 11 is 3.46. The first-order chi connectivity index (χ1) is 22.5. The van der Waals surface area contributed by atoms with Crippen LogP contribution in [0, 0.1) is 0 Å². The van der Waals surface area contributed by atoms with E-state index in [1.165, 1.54) is 0 Å². The van der Waals surface area contributed by atoms with Gasteiger partial charge in [-0.1, -0.05) is 87.8 Å². The average molecular weight is 684 g/mol. The maximum atomic E-state index is 14.4. The largest absolute Gasteiger partial charge is 0.494 e. The Labute approximate surface area is 276 Å². The Kier molecular flexibility index (Phi) is 11.4. The van der Waals surface area contributed by atoms with Crippen molar-refractivity contribution in [3.8, 4) is 5.75 Å². The number of rotatable bonds is 15. The fourth-order valence-corrected chi connectivity index (χ4v) is 5.57. The summed E-state index contributed by atoms with van der Waals surface area (Å²) in [6, 6.07) is 32.5. The van der Waals surface area contributed by atoms with Crippen molar-refractivity contribution in [2.45, 2.75) is 37.5 Å². The molecular formula is C35H35BrN6O4. The minimum Gasteiger partial charge on any atom is -0.494 e. The number of nitrogens with one attached hydrogen (secondary N) is 2. The predicted octanol–water partition coefficient (Wildman–Crippen LogP) is 6.38. The molecule has 10 nitrogen and oxygen atoms in total. The molecule has 0 spiro atoms. The molecule has 1 aliphatic heterocycles. The minimum absolute atomic E-state index is 0.0544. The first-order valence-electron chi connectivity index (χ1n) is 15.0. The van der Waals surface area contributed by atoms with E-state index in [0.717, 1.165) is 26.7 Å². The van der Waals surface area contributed by atoms with Gasteiger partial charge in [0.15, 0.2) is 11.6 Å². The summed E-state index contributed by atoms with van der Waals surface area (Å²) in [5.74, 6) is 0.629. The number of hydrogen-bond donors (Lipinski definition) is 3. The van der Waals surface area contributed by atoms with Crippen molar-refractivity contribution in [3.63, 3.8) is 0 Å². The maximum absolute atomic E-state index is 14.4. The Bertz CT molecular complexity index is 1680. The van der Waals surface area contributed by atoms with E-state index >= 15 is 0 Å². The lowest BCUT2D eigenvalue weighted by Gasteiger charge is -2.31. The van der Waals surface area contributed by atoms with Gasteiger partial charge in [0, 0.05) is 40.9 Å². The fraction of sp³-hybridized carbons (Fsp3) is 0.257. The third-order valence-corrected chi connectivity index (χ3v) is 8.20. The quantitative estimate of drug-likeness (QED) is 0.0439. The van der Waals surface area contributed by atoms with Crippen LogP contribution in [0.25, 0.3) is 10.4 Å². The third kappa shape index (κ3) is 8.13. The Morgan fingerprint density at radius 2 is 1.72 bits per heavy atom. The lowest BCUT2D eigenvalue weighted by molar-refractivity contribution is -0.130. The molecule has 4 aromatic rings. The molecular weight excluding hydrogens is 648 g/mol. The molecule has 0 bridgehead atoms. The Morgan fingerprint density at radius 1 is 1.00 bits per heavy atom. The zero-order chi connectivity index (χ0) is 32.2. The summed E-state index contributed by atoms with van der Waals surface area (Å²) in [6.07, 6.45) is 0.669. The van der Waals surface area contributed by atoms with E-state index in [-0.39, 0.29) is 25.5 Å². The number of aliphatic imine (C=N–C) groups is 1. The third-order valence-electron chi connectivity index (χ3n) is 7.67. The Morgan fingerprint density at radius 3 is 2.43 bits per heavy atom. The maximum Gasteiger partial charge on any atom is 0.266 e. The molecule has 0 saturated carbocycles. The second-order valence-electron chi connectivity index (χ2n) is 10.8. The van der Waals surface area contributed by atoms with Crippen molar-refractivity contribution in [2.24, 2.45) is 10.1 Å². The van der Waals surface area contributed by atoms with Crippen LogP contribution in [-0.4, -0.2) is 42.2 Å². The molecule has 0 aliphatic carbocycles. The number of halogens is 1. The van der Waals surface area contributed by atoms with Crippen LogP contribution in [0.3, 0.4) is 0 Å². The molecule has 1 aliphatic rings. The van der Waals surface area contributed by atoms with Crippen molar-refractivity contribution in [2.75, 3.05) is 19.8 Å². The topological polar surface area (TPSA) is 141 Å². The van der Waals surface area contributed by atoms with E-state index in [1.807, 2.05) is 103 Å². The van der Waals surface area contributed by atoms with Crippen LogP contribution < -0.4 is 15.6 Å². The van der Waals surface area contributed by atoms with Gasteiger partial charge in [-0.2, -0.15) is 0 Å². The van der Waals surface area contributed by atoms with Crippen molar-refractivity contribution in [1.29, 1.82) is 0 Å². The first kappa shape index (κ1) is 32.7. The van der Waals surface area contributed by atoms with Crippen LogP contribution in [0.2, 0.25) is 0 Å². The van der Waals surface area contributed by atoms with E-state index in [0.29, 0.717) is 43.2 Å². The minimum atomic E-state index is -1.41. The highest BCUT2D eigenvalue weighted by molar-refractivity contribution is 9.10. The van der Waals surface area contributed by atoms with Gasteiger partial charge in [0.05, 0.1) is 13.2 Å².